The number of allylic oxidation sites excluding steroid dienone is 2. The number of carboxylic acid groups (broad SMARTS) is 1. The third-order valence-electron chi connectivity index (χ3n) is 16.5. The van der Waals surface area contributed by atoms with Crippen molar-refractivity contribution in [1.82, 2.24) is 9.36 Å². The fourth-order valence-electron chi connectivity index (χ4n) is 13.7. The van der Waals surface area contributed by atoms with E-state index in [1.165, 1.54) is 5.57 Å². The van der Waals surface area contributed by atoms with Gasteiger partial charge in [-0.05, 0) is 141 Å². The molecule has 5 aliphatic carbocycles. The molecule has 7 unspecified atom stereocenters. The molecule has 0 saturated heterocycles. The molecule has 10 heteroatoms. The summed E-state index contributed by atoms with van der Waals surface area (Å²) in [6, 6.07) is 7.20. The van der Waals surface area contributed by atoms with Crippen LogP contribution in [-0.2, 0) is 31.6 Å². The zero-order valence-electron chi connectivity index (χ0n) is 34.4. The number of esters is 1. The van der Waals surface area contributed by atoms with Crippen LogP contribution in [-0.4, -0.2) is 38.3 Å². The fourth-order valence-corrected chi connectivity index (χ4v) is 14.2. The molecule has 0 aliphatic heterocycles. The van der Waals surface area contributed by atoms with Gasteiger partial charge in [0.1, 0.15) is 11.1 Å². The Balaban J connectivity index is 1.26. The Morgan fingerprint density at radius 3 is 2.18 bits per heavy atom. The molecule has 4 fully saturated rings. The summed E-state index contributed by atoms with van der Waals surface area (Å²) in [5.41, 5.74) is 1.12. The Hall–Kier alpha value is -2.84. The van der Waals surface area contributed by atoms with Gasteiger partial charge in [0.05, 0.1) is 23.2 Å². The number of halogens is 2. The highest BCUT2D eigenvalue weighted by atomic mass is 35.5. The number of fused-ring (bicyclic) bond motifs is 7. The van der Waals surface area contributed by atoms with E-state index in [1.54, 1.807) is 30.7 Å². The number of aromatic nitrogens is 2. The van der Waals surface area contributed by atoms with Crippen molar-refractivity contribution in [2.24, 2.45) is 57.8 Å². The summed E-state index contributed by atoms with van der Waals surface area (Å²) >= 11 is 13.4. The topological polar surface area (TPSA) is 108 Å². The van der Waals surface area contributed by atoms with Crippen LogP contribution in [0, 0.1) is 50.7 Å². The zero-order valence-corrected chi connectivity index (χ0v) is 35.9. The van der Waals surface area contributed by atoms with Gasteiger partial charge in [-0.25, -0.2) is 4.68 Å². The first-order chi connectivity index (χ1) is 25.5. The molecule has 0 bridgehead atoms. The third-order valence-corrected chi connectivity index (χ3v) is 17.1. The molecule has 0 spiro atoms. The highest BCUT2D eigenvalue weighted by molar-refractivity contribution is 6.31. The molecular weight excluding hydrogens is 735 g/mol. The molecule has 2 aromatic rings. The summed E-state index contributed by atoms with van der Waals surface area (Å²) in [6.07, 6.45) is 7.33. The van der Waals surface area contributed by atoms with E-state index in [4.69, 9.17) is 27.9 Å². The number of hydrogen-bond donors (Lipinski definition) is 1. The Morgan fingerprint density at radius 2 is 1.56 bits per heavy atom. The van der Waals surface area contributed by atoms with E-state index >= 15 is 0 Å². The summed E-state index contributed by atoms with van der Waals surface area (Å²) in [5, 5.41) is 10.4. The molecule has 0 radical (unpaired) electrons. The largest absolute Gasteiger partial charge is 0.481 e. The summed E-state index contributed by atoms with van der Waals surface area (Å²) < 4.78 is 9.70. The quantitative estimate of drug-likeness (QED) is 0.280. The second-order valence-corrected chi connectivity index (χ2v) is 21.1. The van der Waals surface area contributed by atoms with Crippen LogP contribution >= 0.6 is 23.2 Å². The lowest BCUT2D eigenvalue weighted by Gasteiger charge is -2.72. The SMILES string of the molecule is CC(C)C1=C2C3CCC4C5(C)CCC(OC(=O)CC(C)(C)C(=O)O)C(C)(C)C5CCC4(C)[C@]3(C)CCC2(c2c(Cl)c(=O)n(-c3ccc(Cl)cc3)n2C)CC1=O. The van der Waals surface area contributed by atoms with Crippen molar-refractivity contribution in [2.45, 2.75) is 138 Å². The standard InChI is InChI=1S/C45H60Cl2N2O6/c1-25(2)34-29(50)23-45(37-36(47)38(52)49(48(37)10)27-13-11-26(46)12-14-27)22-21-43(8)28(35(34)45)15-16-31-42(7)19-18-32(55-33(51)24-40(3,4)39(53)54)41(5,6)30(42)17-20-44(31,43)9/h11-14,25,28,30-32H,15-24H2,1-10H3,(H,53,54)/t28?,30?,31?,32?,42?,43-,44?,45?/m1/s1. The lowest BCUT2D eigenvalue weighted by atomic mass is 9.33. The molecule has 8 nitrogen and oxygen atoms in total. The number of hydrogen-bond acceptors (Lipinski definition) is 5. The van der Waals surface area contributed by atoms with Crippen molar-refractivity contribution in [2.75, 3.05) is 0 Å². The number of carbonyl (C=O) groups excluding carboxylic acids is 2. The van der Waals surface area contributed by atoms with Crippen LogP contribution in [0.2, 0.25) is 10.0 Å². The average Bonchev–Trinajstić information content (AvgIpc) is 3.51. The molecule has 8 atom stereocenters. The van der Waals surface area contributed by atoms with Gasteiger partial charge in [0, 0.05) is 29.3 Å². The molecule has 0 amide bonds. The Kier molecular flexibility index (Phi) is 9.61. The van der Waals surface area contributed by atoms with E-state index in [-0.39, 0.29) is 62.4 Å². The molecule has 55 heavy (non-hydrogen) atoms. The zero-order chi connectivity index (χ0) is 40.4. The van der Waals surface area contributed by atoms with Gasteiger partial charge in [0.15, 0.2) is 5.78 Å². The number of Topliss-reactive ketones (excluding diaryl/α,β-unsaturated/α-hetero) is 1. The van der Waals surface area contributed by atoms with E-state index in [1.807, 2.05) is 23.9 Å². The predicted octanol–water partition coefficient (Wildman–Crippen LogP) is 10.1. The van der Waals surface area contributed by atoms with Crippen LogP contribution in [0.25, 0.3) is 5.69 Å². The predicted molar refractivity (Wildman–Crippen MR) is 216 cm³/mol. The van der Waals surface area contributed by atoms with Crippen molar-refractivity contribution >= 4 is 40.9 Å². The molecule has 5 aliphatic rings. The highest BCUT2D eigenvalue weighted by Crippen LogP contribution is 2.77. The number of ketones is 1. The van der Waals surface area contributed by atoms with Gasteiger partial charge in [-0.1, -0.05) is 71.7 Å². The van der Waals surface area contributed by atoms with Crippen LogP contribution < -0.4 is 5.56 Å². The van der Waals surface area contributed by atoms with Gasteiger partial charge in [-0.2, -0.15) is 0 Å². The maximum absolute atomic E-state index is 14.4. The van der Waals surface area contributed by atoms with E-state index in [2.05, 4.69) is 48.5 Å². The molecule has 7 rings (SSSR count). The smallest absolute Gasteiger partial charge is 0.309 e. The lowest BCUT2D eigenvalue weighted by molar-refractivity contribution is -0.232. The molecule has 4 saturated carbocycles. The summed E-state index contributed by atoms with van der Waals surface area (Å²) in [5.74, 6) is -0.277. The number of carboxylic acids is 1. The minimum Gasteiger partial charge on any atom is -0.481 e. The number of aliphatic carboxylic acids is 1. The van der Waals surface area contributed by atoms with Crippen LogP contribution in [0.1, 0.15) is 132 Å². The molecule has 1 aromatic heterocycles. The number of rotatable bonds is 7. The summed E-state index contributed by atoms with van der Waals surface area (Å²) in [7, 11) is 1.90. The maximum atomic E-state index is 14.4. The Labute approximate surface area is 336 Å². The van der Waals surface area contributed by atoms with Crippen LogP contribution in [0.15, 0.2) is 40.2 Å². The first-order valence-electron chi connectivity index (χ1n) is 20.4. The van der Waals surface area contributed by atoms with Gasteiger partial charge in [-0.15, -0.1) is 0 Å². The minimum absolute atomic E-state index is 0.00985. The molecule has 1 heterocycles. The van der Waals surface area contributed by atoms with E-state index in [0.29, 0.717) is 29.0 Å². The number of ether oxygens (including phenoxy) is 1. The maximum Gasteiger partial charge on any atom is 0.309 e. The second-order valence-electron chi connectivity index (χ2n) is 20.3. The summed E-state index contributed by atoms with van der Waals surface area (Å²) in [4.78, 5) is 53.3. The van der Waals surface area contributed by atoms with Crippen molar-refractivity contribution < 1.29 is 24.2 Å². The van der Waals surface area contributed by atoms with E-state index in [9.17, 15) is 24.3 Å². The summed E-state index contributed by atoms with van der Waals surface area (Å²) in [6.45, 7) is 19.5. The molecule has 1 aromatic carbocycles. The Morgan fingerprint density at radius 1 is 0.909 bits per heavy atom. The van der Waals surface area contributed by atoms with E-state index < -0.39 is 22.8 Å². The van der Waals surface area contributed by atoms with Crippen molar-refractivity contribution in [1.29, 1.82) is 0 Å². The van der Waals surface area contributed by atoms with Gasteiger partial charge in [0.2, 0.25) is 0 Å². The normalized spacial score (nSPS) is 35.5. The average molecular weight is 796 g/mol. The molecule has 300 valence electrons. The first kappa shape index (κ1) is 40.4. The van der Waals surface area contributed by atoms with Gasteiger partial charge in [0.25, 0.3) is 5.56 Å². The van der Waals surface area contributed by atoms with Crippen LogP contribution in [0.4, 0.5) is 0 Å². The van der Waals surface area contributed by atoms with Gasteiger partial charge >= 0.3 is 11.9 Å². The second kappa shape index (κ2) is 13.1. The highest BCUT2D eigenvalue weighted by Gasteiger charge is 2.71. The van der Waals surface area contributed by atoms with E-state index in [0.717, 1.165) is 62.6 Å². The van der Waals surface area contributed by atoms with Crippen LogP contribution in [0.3, 0.4) is 0 Å². The van der Waals surface area contributed by atoms with Crippen molar-refractivity contribution in [3.8, 4) is 5.69 Å². The number of carbonyl (C=O) groups is 3. The van der Waals surface area contributed by atoms with Crippen molar-refractivity contribution in [3.63, 3.8) is 0 Å². The molecular formula is C45H60Cl2N2O6. The first-order valence-corrected chi connectivity index (χ1v) is 21.2. The number of benzene rings is 1. The monoisotopic (exact) mass is 794 g/mol. The fraction of sp³-hybridized carbons (Fsp3) is 0.689. The van der Waals surface area contributed by atoms with Crippen LogP contribution in [0.5, 0.6) is 0 Å². The van der Waals surface area contributed by atoms with Gasteiger partial charge in [-0.3, -0.25) is 23.9 Å². The molecule has 1 N–H and O–H groups in total. The minimum atomic E-state index is -1.18. The van der Waals surface area contributed by atoms with Crippen molar-refractivity contribution in [3.05, 3.63) is 61.5 Å². The number of nitrogens with zero attached hydrogens (tertiary/aromatic N) is 2. The third kappa shape index (κ3) is 5.63. The Bertz CT molecular complexity index is 2040. The van der Waals surface area contributed by atoms with Gasteiger partial charge < -0.3 is 9.84 Å². The lowest BCUT2D eigenvalue weighted by Crippen LogP contribution is -2.66.